The highest BCUT2D eigenvalue weighted by Gasteiger charge is 2.30. The lowest BCUT2D eigenvalue weighted by atomic mass is 10.1. The molecule has 1 heterocycles. The second-order valence-corrected chi connectivity index (χ2v) is 4.32. The highest BCUT2D eigenvalue weighted by Crippen LogP contribution is 2.16. The van der Waals surface area contributed by atoms with Gasteiger partial charge in [0, 0.05) is 24.7 Å². The van der Waals surface area contributed by atoms with Gasteiger partial charge in [0.2, 0.25) is 0 Å². The van der Waals surface area contributed by atoms with Crippen molar-refractivity contribution in [3.8, 4) is 0 Å². The molecule has 0 spiro atoms. The van der Waals surface area contributed by atoms with Crippen molar-refractivity contribution in [3.05, 3.63) is 35.4 Å². The summed E-state index contributed by atoms with van der Waals surface area (Å²) in [6.07, 6.45) is 0. The molecule has 2 rings (SSSR count). The number of nitrogens with zero attached hydrogens (tertiary/aromatic N) is 1. The van der Waals surface area contributed by atoms with Gasteiger partial charge in [-0.15, -0.1) is 0 Å². The smallest absolute Gasteiger partial charge is 0.325 e. The highest BCUT2D eigenvalue weighted by atomic mass is 19.1. The predicted octanol–water partition coefficient (Wildman–Crippen LogP) is 1.34. The van der Waals surface area contributed by atoms with E-state index in [1.165, 1.54) is 19.2 Å². The maximum Gasteiger partial charge on any atom is 0.325 e. The quantitative estimate of drug-likeness (QED) is 0.778. The number of halogens is 2. The largest absolute Gasteiger partial charge is 0.468 e. The summed E-state index contributed by atoms with van der Waals surface area (Å²) >= 11 is 0. The van der Waals surface area contributed by atoms with E-state index >= 15 is 0 Å². The fraction of sp³-hybridized carbons (Fsp3) is 0.462. The van der Waals surface area contributed by atoms with Gasteiger partial charge in [0.25, 0.3) is 0 Å². The number of esters is 1. The second kappa shape index (κ2) is 6.08. The third-order valence-corrected chi connectivity index (χ3v) is 3.10. The normalized spacial score (nSPS) is 20.3. The van der Waals surface area contributed by atoms with Crippen molar-refractivity contribution in [2.45, 2.75) is 12.6 Å². The predicted molar refractivity (Wildman–Crippen MR) is 63.4 cm³/mol. The first-order chi connectivity index (χ1) is 9.11. The van der Waals surface area contributed by atoms with Gasteiger partial charge in [0.1, 0.15) is 17.7 Å². The van der Waals surface area contributed by atoms with E-state index in [1.807, 2.05) is 0 Å². The Balaban J connectivity index is 2.13. The molecule has 1 aliphatic rings. The molecule has 0 saturated carbocycles. The molecule has 1 fully saturated rings. The minimum absolute atomic E-state index is 0.217. The first kappa shape index (κ1) is 13.9. The summed E-state index contributed by atoms with van der Waals surface area (Å²) in [5.41, 5.74) is 0.345. The fourth-order valence-electron chi connectivity index (χ4n) is 2.05. The lowest BCUT2D eigenvalue weighted by molar-refractivity contribution is -0.153. The Bertz CT molecular complexity index is 467. The molecule has 0 aromatic heterocycles. The van der Waals surface area contributed by atoms with Gasteiger partial charge in [0.05, 0.1) is 20.3 Å². The third kappa shape index (κ3) is 3.27. The van der Waals surface area contributed by atoms with Crippen molar-refractivity contribution in [1.29, 1.82) is 0 Å². The van der Waals surface area contributed by atoms with E-state index in [9.17, 15) is 13.6 Å². The summed E-state index contributed by atoms with van der Waals surface area (Å²) < 4.78 is 36.4. The maximum atomic E-state index is 13.6. The van der Waals surface area contributed by atoms with Crippen molar-refractivity contribution in [2.75, 3.05) is 26.9 Å². The fourth-order valence-corrected chi connectivity index (χ4v) is 2.05. The van der Waals surface area contributed by atoms with Crippen LogP contribution in [0.5, 0.6) is 0 Å². The number of ether oxygens (including phenoxy) is 2. The van der Waals surface area contributed by atoms with E-state index < -0.39 is 23.6 Å². The zero-order valence-electron chi connectivity index (χ0n) is 10.6. The van der Waals surface area contributed by atoms with E-state index in [1.54, 1.807) is 4.90 Å². The summed E-state index contributed by atoms with van der Waals surface area (Å²) in [5, 5.41) is 0. The third-order valence-electron chi connectivity index (χ3n) is 3.10. The Morgan fingerprint density at radius 1 is 1.53 bits per heavy atom. The molecule has 0 radical (unpaired) electrons. The molecule has 1 unspecified atom stereocenters. The zero-order chi connectivity index (χ0) is 13.8. The molecular weight excluding hydrogens is 256 g/mol. The first-order valence-electron chi connectivity index (χ1n) is 5.95. The molecule has 1 atom stereocenters. The summed E-state index contributed by atoms with van der Waals surface area (Å²) in [4.78, 5) is 13.4. The van der Waals surface area contributed by atoms with Crippen LogP contribution < -0.4 is 0 Å². The van der Waals surface area contributed by atoms with Gasteiger partial charge >= 0.3 is 5.97 Å². The number of hydrogen-bond acceptors (Lipinski definition) is 4. The monoisotopic (exact) mass is 271 g/mol. The minimum Gasteiger partial charge on any atom is -0.468 e. The van der Waals surface area contributed by atoms with Crippen LogP contribution in [0.4, 0.5) is 8.78 Å². The molecule has 1 saturated heterocycles. The summed E-state index contributed by atoms with van der Waals surface area (Å²) in [6, 6.07) is 2.87. The standard InChI is InChI=1S/C13H15F2NO3/c1-18-13(17)12-8-19-5-4-16(12)7-9-2-3-10(14)6-11(9)15/h2-3,6,12H,4-5,7-8H2,1H3. The number of hydrogen-bond donors (Lipinski definition) is 0. The Morgan fingerprint density at radius 2 is 2.32 bits per heavy atom. The second-order valence-electron chi connectivity index (χ2n) is 4.32. The van der Waals surface area contributed by atoms with Crippen LogP contribution in [0.25, 0.3) is 0 Å². The lowest BCUT2D eigenvalue weighted by Gasteiger charge is -2.33. The molecule has 1 aromatic rings. The van der Waals surface area contributed by atoms with E-state index in [0.29, 0.717) is 18.7 Å². The zero-order valence-corrected chi connectivity index (χ0v) is 10.6. The summed E-state index contributed by atoms with van der Waals surface area (Å²) in [5.74, 6) is -1.65. The van der Waals surface area contributed by atoms with Gasteiger partial charge in [-0.3, -0.25) is 9.69 Å². The molecule has 0 bridgehead atoms. The molecule has 4 nitrogen and oxygen atoms in total. The summed E-state index contributed by atoms with van der Waals surface area (Å²) in [6.45, 7) is 1.40. The molecule has 1 aromatic carbocycles. The Hall–Kier alpha value is -1.53. The minimum atomic E-state index is -0.618. The van der Waals surface area contributed by atoms with Crippen LogP contribution in [0, 0.1) is 11.6 Å². The molecule has 19 heavy (non-hydrogen) atoms. The van der Waals surface area contributed by atoms with Crippen LogP contribution in [0.3, 0.4) is 0 Å². The van der Waals surface area contributed by atoms with E-state index in [-0.39, 0.29) is 13.2 Å². The Morgan fingerprint density at radius 3 is 3.00 bits per heavy atom. The molecular formula is C13H15F2NO3. The van der Waals surface area contributed by atoms with Crippen molar-refractivity contribution in [2.24, 2.45) is 0 Å². The van der Waals surface area contributed by atoms with E-state index in [4.69, 9.17) is 9.47 Å². The van der Waals surface area contributed by atoms with Crippen LogP contribution >= 0.6 is 0 Å². The Labute approximate surface area is 109 Å². The van der Waals surface area contributed by atoms with Gasteiger partial charge < -0.3 is 9.47 Å². The number of rotatable bonds is 3. The molecule has 1 aliphatic heterocycles. The molecule has 104 valence electrons. The van der Waals surface area contributed by atoms with Crippen molar-refractivity contribution in [1.82, 2.24) is 4.90 Å². The van der Waals surface area contributed by atoms with Crippen LogP contribution in [0.15, 0.2) is 18.2 Å². The number of carbonyl (C=O) groups excluding carboxylic acids is 1. The molecule has 0 aliphatic carbocycles. The van der Waals surface area contributed by atoms with Crippen LogP contribution in [-0.4, -0.2) is 43.8 Å². The van der Waals surface area contributed by atoms with E-state index in [0.717, 1.165) is 6.07 Å². The molecule has 0 N–H and O–H groups in total. The number of benzene rings is 1. The van der Waals surface area contributed by atoms with Crippen molar-refractivity contribution >= 4 is 5.97 Å². The van der Waals surface area contributed by atoms with Crippen molar-refractivity contribution in [3.63, 3.8) is 0 Å². The molecule has 0 amide bonds. The lowest BCUT2D eigenvalue weighted by Crippen LogP contribution is -2.49. The average molecular weight is 271 g/mol. The SMILES string of the molecule is COC(=O)C1COCCN1Cc1ccc(F)cc1F. The van der Waals surface area contributed by atoms with Crippen LogP contribution in [-0.2, 0) is 20.8 Å². The first-order valence-corrected chi connectivity index (χ1v) is 5.95. The topological polar surface area (TPSA) is 38.8 Å². The van der Waals surface area contributed by atoms with Gasteiger partial charge in [0.15, 0.2) is 0 Å². The van der Waals surface area contributed by atoms with Gasteiger partial charge in [-0.2, -0.15) is 0 Å². The Kier molecular flexibility index (Phi) is 4.44. The number of carbonyl (C=O) groups is 1. The molecule has 6 heteroatoms. The van der Waals surface area contributed by atoms with Crippen LogP contribution in [0.2, 0.25) is 0 Å². The highest BCUT2D eigenvalue weighted by molar-refractivity contribution is 5.75. The number of methoxy groups -OCH3 is 1. The maximum absolute atomic E-state index is 13.6. The van der Waals surface area contributed by atoms with Crippen molar-refractivity contribution < 1.29 is 23.0 Å². The van der Waals surface area contributed by atoms with Gasteiger partial charge in [-0.1, -0.05) is 6.07 Å². The van der Waals surface area contributed by atoms with Gasteiger partial charge in [-0.05, 0) is 6.07 Å². The van der Waals surface area contributed by atoms with Gasteiger partial charge in [-0.25, -0.2) is 8.78 Å². The van der Waals surface area contributed by atoms with E-state index in [2.05, 4.69) is 0 Å². The summed E-state index contributed by atoms with van der Waals surface area (Å²) in [7, 11) is 1.30. The van der Waals surface area contributed by atoms with Crippen LogP contribution in [0.1, 0.15) is 5.56 Å². The number of morpholine rings is 1. The average Bonchev–Trinajstić information content (AvgIpc) is 2.41.